The third-order valence-corrected chi connectivity index (χ3v) is 55.1. The first-order valence-corrected chi connectivity index (χ1v) is 56.1. The molecular formula is C102H144N2O14Si4. The molecule has 8 fully saturated rings. The Labute approximate surface area is 733 Å². The Morgan fingerprint density at radius 2 is 0.762 bits per heavy atom. The van der Waals surface area contributed by atoms with Crippen molar-refractivity contribution in [2.75, 3.05) is 13.2 Å². The van der Waals surface area contributed by atoms with E-state index >= 15 is 0 Å². The second-order valence-electron chi connectivity index (χ2n) is 46.8. The Kier molecular flexibility index (Phi) is 21.3. The van der Waals surface area contributed by atoms with Gasteiger partial charge in [0.1, 0.15) is 47.8 Å². The zero-order chi connectivity index (χ0) is 88.0. The maximum atomic E-state index is 14.7. The molecule has 24 atom stereocenters. The summed E-state index contributed by atoms with van der Waals surface area (Å²) in [5, 5.41) is 33.1. The van der Waals surface area contributed by atoms with Crippen molar-refractivity contribution in [2.45, 2.75) is 346 Å². The molecule has 12 aliphatic rings. The fraction of sp³-hybridized carbons (Fsp3) is 0.667. The number of aromatic nitrogens is 2. The average molecular weight is 1730 g/mol. The van der Waals surface area contributed by atoms with Gasteiger partial charge in [0.05, 0.1) is 58.0 Å². The molecule has 0 radical (unpaired) electrons. The number of esters is 2. The molecule has 122 heavy (non-hydrogen) atoms. The molecule has 5 heterocycles. The highest BCUT2D eigenvalue weighted by Gasteiger charge is 2.83. The molecular weight excluding hydrogens is 1590 g/mol. The molecule has 1 aromatic heterocycles. The summed E-state index contributed by atoms with van der Waals surface area (Å²) in [5.74, 6) is -4.10. The average Bonchev–Trinajstić information content (AvgIpc) is 1.46. The van der Waals surface area contributed by atoms with Crippen LogP contribution in [0.4, 0.5) is 0 Å². The first-order valence-electron chi connectivity index (χ1n) is 46.5. The Morgan fingerprint density at radius 1 is 0.451 bits per heavy atom. The SMILES string of the molecule is CC(=O)O[C@@H]1C[C@H]2[C@@H](CC[C@H]3Cc4nc5c(nc4C[C@@]32C)C[C@@H]2CC[C@H]3C4=C[C@@H]6O[C@]7(O[C@](C)(CO[Si](C)(C)C(C)(C)C)C[C@H]7O[Si](c7ccccc7)(c7ccccc7)C(C)(C)C)[C@@H](C)[C@]6(O)[C@@]4(C)[C@H](OC(C)=O)C[C@@H]3[C@@]2(C)C5)C2=C[C@@H]3O[C@]4(O[C@](C)(CO[Si](C)(C)C(C)(C)C)C[C@H]4O[Si](c4ccccc4)(c4ccccc4)C(C)(C)C)[C@@H](C)[C@]3(O)[C@]21C. The number of hydrogen-bond acceptors (Lipinski definition) is 16. The molecule has 4 saturated heterocycles. The summed E-state index contributed by atoms with van der Waals surface area (Å²) in [6.45, 7) is 58.2. The molecule has 4 aliphatic heterocycles. The number of rotatable bonds is 16. The van der Waals surface area contributed by atoms with E-state index in [1.165, 1.54) is 13.8 Å². The molecule has 4 aromatic carbocycles. The van der Waals surface area contributed by atoms with Crippen molar-refractivity contribution in [3.05, 3.63) is 167 Å². The lowest BCUT2D eigenvalue weighted by atomic mass is 9.44. The number of carbonyl (C=O) groups excluding carboxylic acids is 2. The van der Waals surface area contributed by atoms with Gasteiger partial charge in [0.2, 0.25) is 11.6 Å². The van der Waals surface area contributed by atoms with Crippen LogP contribution in [0.15, 0.2) is 145 Å². The zero-order valence-electron chi connectivity index (χ0n) is 78.4. The normalized spacial score (nSPS) is 39.6. The van der Waals surface area contributed by atoms with Crippen molar-refractivity contribution in [1.29, 1.82) is 0 Å². The molecule has 0 bridgehead atoms. The maximum Gasteiger partial charge on any atom is 0.302 e. The third-order valence-electron chi connectivity index (χ3n) is 36.1. The first kappa shape index (κ1) is 88.9. The Balaban J connectivity index is 0.677. The van der Waals surface area contributed by atoms with Crippen LogP contribution in [0.3, 0.4) is 0 Å². The number of carbonyl (C=O) groups is 2. The van der Waals surface area contributed by atoms with Crippen LogP contribution < -0.4 is 20.7 Å². The largest absolute Gasteiger partial charge is 0.462 e. The fourth-order valence-corrected chi connectivity index (χ4v) is 38.9. The molecule has 17 rings (SSSR count). The second-order valence-corrected chi connectivity index (χ2v) is 65.0. The lowest BCUT2D eigenvalue weighted by Gasteiger charge is -2.62. The summed E-state index contributed by atoms with van der Waals surface area (Å²) in [4.78, 5) is 39.8. The van der Waals surface area contributed by atoms with Gasteiger partial charge in [0.15, 0.2) is 16.6 Å². The second kappa shape index (κ2) is 29.2. The molecule has 8 aliphatic carbocycles. The Bertz CT molecular complexity index is 4540. The van der Waals surface area contributed by atoms with Crippen LogP contribution in [0.2, 0.25) is 46.3 Å². The van der Waals surface area contributed by atoms with Gasteiger partial charge in [-0.05, 0) is 205 Å². The van der Waals surface area contributed by atoms with Crippen molar-refractivity contribution in [2.24, 2.45) is 69.0 Å². The zero-order valence-corrected chi connectivity index (χ0v) is 82.4. The highest BCUT2D eigenvalue weighted by Crippen LogP contribution is 2.75. The smallest absolute Gasteiger partial charge is 0.302 e. The standard InChI is InChI=1S/C102H144N2O14Si4/c1-63-99(107)85(113-101(63)87(59-93(17,117-101)61-109-119(23,24)89(5,6)7)115-121(91(11,12)13,69-39-31-27-32-40-69)70-41-33-28-34-42-70)55-77-73-49-47-67-51-79-81(57-95(67,19)75(73)53-83(97(77,99)21)111-65(3)105)103-80-52-68-48-50-74-76(96(68,20)58-82(80)104-79)54-84(112-66(4)106)98(22)78(74)56-86-100(98,108)64(2)102(114-86)88(60-94(18,118-102)62-110-120(25,26)90(8,9)10)116-122(92(14,15)16,71-43-35-29-36-44-71)72-45-37-30-38-46-72/h27-46,55-56,63-64,67-68,73-76,83-88,107-108H,47-54,57-62H2,1-26H3/t63-,64-,67-,68-,73+,74+,75-,76-,83+,84+,85-,86-,87+,88+,93-,94-,95-,96-,97+,98+,99+,100+,101-,102-/m0/s1. The summed E-state index contributed by atoms with van der Waals surface area (Å²) in [5.41, 5.74) is -0.926. The third kappa shape index (κ3) is 12.8. The molecule has 0 amide bonds. The van der Waals surface area contributed by atoms with Crippen molar-refractivity contribution in [1.82, 2.24) is 9.97 Å². The summed E-state index contributed by atoms with van der Waals surface area (Å²) < 4.78 is 75.8. The van der Waals surface area contributed by atoms with E-state index < -0.39 is 127 Å². The molecule has 16 nitrogen and oxygen atoms in total. The van der Waals surface area contributed by atoms with Crippen molar-refractivity contribution >= 4 is 66.0 Å². The van der Waals surface area contributed by atoms with Gasteiger partial charge in [-0.2, -0.15) is 0 Å². The minimum atomic E-state index is -3.30. The topological polar surface area (TPSA) is 193 Å². The van der Waals surface area contributed by atoms with Gasteiger partial charge in [-0.25, -0.2) is 0 Å². The van der Waals surface area contributed by atoms with Crippen molar-refractivity contribution in [3.8, 4) is 0 Å². The molecule has 2 spiro atoms. The summed E-state index contributed by atoms with van der Waals surface area (Å²) in [6, 6.07) is 43.1. The number of ether oxygens (including phenoxy) is 6. The van der Waals surface area contributed by atoms with Gasteiger partial charge in [0.25, 0.3) is 16.6 Å². The van der Waals surface area contributed by atoms with Crippen LogP contribution in [0.1, 0.15) is 226 Å². The lowest BCUT2D eigenvalue weighted by Crippen LogP contribution is -2.70. The van der Waals surface area contributed by atoms with E-state index in [0.29, 0.717) is 38.9 Å². The van der Waals surface area contributed by atoms with Crippen LogP contribution in [0, 0.1) is 69.0 Å². The van der Waals surface area contributed by atoms with Crippen molar-refractivity contribution in [3.63, 3.8) is 0 Å². The Hall–Kier alpha value is -5.15. The van der Waals surface area contributed by atoms with Crippen LogP contribution in [0.5, 0.6) is 0 Å². The van der Waals surface area contributed by atoms with Gasteiger partial charge in [-0.1, -0.05) is 255 Å². The van der Waals surface area contributed by atoms with E-state index in [-0.39, 0.29) is 78.4 Å². The van der Waals surface area contributed by atoms with E-state index in [1.54, 1.807) is 0 Å². The minimum absolute atomic E-state index is 0.0516. The number of nitrogens with zero attached hydrogens (tertiary/aromatic N) is 2. The van der Waals surface area contributed by atoms with E-state index in [1.807, 2.05) is 0 Å². The molecule has 4 saturated carbocycles. The van der Waals surface area contributed by atoms with Gasteiger partial charge in [-0.3, -0.25) is 19.6 Å². The van der Waals surface area contributed by atoms with Gasteiger partial charge < -0.3 is 56.3 Å². The summed E-state index contributed by atoms with van der Waals surface area (Å²) in [6.07, 6.45) is 9.14. The van der Waals surface area contributed by atoms with E-state index in [2.05, 4.69) is 298 Å². The lowest BCUT2D eigenvalue weighted by molar-refractivity contribution is -0.277. The number of benzene rings is 4. The van der Waals surface area contributed by atoms with Gasteiger partial charge >= 0.3 is 11.9 Å². The van der Waals surface area contributed by atoms with E-state index in [9.17, 15) is 19.8 Å². The van der Waals surface area contributed by atoms with E-state index in [0.717, 1.165) is 106 Å². The molecule has 20 heteroatoms. The van der Waals surface area contributed by atoms with Gasteiger partial charge in [0, 0.05) is 38.5 Å². The van der Waals surface area contributed by atoms with Crippen molar-refractivity contribution < 1.29 is 65.9 Å². The summed E-state index contributed by atoms with van der Waals surface area (Å²) in [7, 11) is -11.2. The van der Waals surface area contributed by atoms with Crippen LogP contribution in [0.25, 0.3) is 0 Å². The highest BCUT2D eigenvalue weighted by atomic mass is 28.4. The Morgan fingerprint density at radius 3 is 1.05 bits per heavy atom. The number of hydrogen-bond donors (Lipinski definition) is 2. The number of aliphatic hydroxyl groups is 2. The van der Waals surface area contributed by atoms with Crippen LogP contribution >= 0.6 is 0 Å². The van der Waals surface area contributed by atoms with E-state index in [4.69, 9.17) is 56.1 Å². The minimum Gasteiger partial charge on any atom is -0.462 e. The summed E-state index contributed by atoms with van der Waals surface area (Å²) >= 11 is 0. The fourth-order valence-electron chi connectivity index (χ4n) is 27.3. The predicted molar refractivity (Wildman–Crippen MR) is 488 cm³/mol. The predicted octanol–water partition coefficient (Wildman–Crippen LogP) is 17.8. The highest BCUT2D eigenvalue weighted by molar-refractivity contribution is 7.00. The van der Waals surface area contributed by atoms with Crippen LogP contribution in [-0.2, 0) is 81.4 Å². The maximum absolute atomic E-state index is 14.7. The van der Waals surface area contributed by atoms with Gasteiger partial charge in [-0.15, -0.1) is 0 Å². The van der Waals surface area contributed by atoms with Crippen LogP contribution in [-0.4, -0.2) is 149 Å². The molecule has 5 aromatic rings. The molecule has 2 N–H and O–H groups in total. The quantitative estimate of drug-likeness (QED) is 0.0538. The first-order chi connectivity index (χ1) is 56.7. The molecule has 0 unspecified atom stereocenters. The molecule has 662 valence electrons. The number of fused-ring (bicyclic) bond motifs is 16. The monoisotopic (exact) mass is 1730 g/mol.